The van der Waals surface area contributed by atoms with E-state index in [1.807, 2.05) is 0 Å². The van der Waals surface area contributed by atoms with Crippen molar-refractivity contribution in [3.05, 3.63) is 98.8 Å². The second-order valence-corrected chi connectivity index (χ2v) is 7.44. The molecule has 0 unspecified atom stereocenters. The summed E-state index contributed by atoms with van der Waals surface area (Å²) < 4.78 is 19.5. The van der Waals surface area contributed by atoms with E-state index < -0.39 is 11.9 Å². The van der Waals surface area contributed by atoms with Gasteiger partial charge >= 0.3 is 6.09 Å². The first-order valence-electron chi connectivity index (χ1n) is 9.06. The molecule has 31 heavy (non-hydrogen) atoms. The topological polar surface area (TPSA) is 73.2 Å². The lowest BCUT2D eigenvalue weighted by molar-refractivity contribution is 0.215. The van der Waals surface area contributed by atoms with Gasteiger partial charge in [-0.25, -0.2) is 14.2 Å². The van der Waals surface area contributed by atoms with Gasteiger partial charge in [0.2, 0.25) is 0 Å². The number of ether oxygens (including phenoxy) is 1. The smallest absolute Gasteiger partial charge is 0.410 e. The molecule has 6 nitrogen and oxygen atoms in total. The molecule has 0 atom stereocenters. The van der Waals surface area contributed by atoms with Crippen LogP contribution in [0.1, 0.15) is 5.56 Å². The van der Waals surface area contributed by atoms with Crippen molar-refractivity contribution in [1.29, 1.82) is 0 Å². The number of hydrogen-bond donors (Lipinski definition) is 1. The highest BCUT2D eigenvalue weighted by Crippen LogP contribution is 2.23. The van der Waals surface area contributed by atoms with Crippen LogP contribution in [0.25, 0.3) is 10.9 Å². The van der Waals surface area contributed by atoms with E-state index in [-0.39, 0.29) is 17.9 Å². The molecule has 1 heterocycles. The lowest BCUT2D eigenvalue weighted by atomic mass is 10.2. The van der Waals surface area contributed by atoms with Crippen molar-refractivity contribution in [2.24, 2.45) is 0 Å². The lowest BCUT2D eigenvalue weighted by Crippen LogP contribution is -2.22. The molecule has 1 aromatic heterocycles. The first-order chi connectivity index (χ1) is 14.9. The second kappa shape index (κ2) is 8.75. The molecule has 9 heteroatoms. The second-order valence-electron chi connectivity index (χ2n) is 6.63. The average molecular weight is 458 g/mol. The molecule has 3 aromatic carbocycles. The number of benzene rings is 3. The zero-order chi connectivity index (χ0) is 22.0. The summed E-state index contributed by atoms with van der Waals surface area (Å²) in [6.45, 7) is 0.253. The fourth-order valence-electron chi connectivity index (χ4n) is 2.94. The van der Waals surface area contributed by atoms with Crippen LogP contribution in [-0.2, 0) is 6.54 Å². The number of carbonyl (C=O) groups excluding carboxylic acids is 1. The maximum Gasteiger partial charge on any atom is 0.417 e. The Morgan fingerprint density at radius 1 is 1.03 bits per heavy atom. The van der Waals surface area contributed by atoms with E-state index in [1.54, 1.807) is 30.3 Å². The number of rotatable bonds is 4. The number of anilines is 1. The molecule has 0 saturated heterocycles. The normalized spacial score (nSPS) is 10.8. The van der Waals surface area contributed by atoms with E-state index in [2.05, 4.69) is 10.3 Å². The largest absolute Gasteiger partial charge is 0.417 e. The molecule has 1 amide bonds. The average Bonchev–Trinajstić information content (AvgIpc) is 2.75. The Bertz CT molecular complexity index is 1340. The minimum atomic E-state index is -0.772. The van der Waals surface area contributed by atoms with Crippen LogP contribution in [0.15, 0.2) is 71.8 Å². The molecule has 4 rings (SSSR count). The zero-order valence-corrected chi connectivity index (χ0v) is 17.3. The fraction of sp³-hybridized carbons (Fsp3) is 0.0455. The third-order valence-corrected chi connectivity index (χ3v) is 5.17. The van der Waals surface area contributed by atoms with Gasteiger partial charge in [0, 0.05) is 5.69 Å². The fourth-order valence-corrected chi connectivity index (χ4v) is 3.26. The molecule has 0 bridgehead atoms. The molecule has 0 fully saturated rings. The van der Waals surface area contributed by atoms with E-state index in [4.69, 9.17) is 27.9 Å². The monoisotopic (exact) mass is 457 g/mol. The van der Waals surface area contributed by atoms with Crippen molar-refractivity contribution in [2.45, 2.75) is 6.54 Å². The summed E-state index contributed by atoms with van der Waals surface area (Å²) in [6, 6.07) is 14.9. The van der Waals surface area contributed by atoms with Crippen molar-refractivity contribution in [1.82, 2.24) is 9.55 Å². The van der Waals surface area contributed by atoms with Crippen LogP contribution >= 0.6 is 23.2 Å². The van der Waals surface area contributed by atoms with Crippen molar-refractivity contribution in [3.63, 3.8) is 0 Å². The van der Waals surface area contributed by atoms with Gasteiger partial charge in [-0.2, -0.15) is 0 Å². The minimum Gasteiger partial charge on any atom is -0.410 e. The third-order valence-electron chi connectivity index (χ3n) is 4.43. The van der Waals surface area contributed by atoms with Crippen molar-refractivity contribution in [2.75, 3.05) is 5.32 Å². The van der Waals surface area contributed by atoms with Gasteiger partial charge in [-0.05, 0) is 60.2 Å². The first-order valence-corrected chi connectivity index (χ1v) is 9.82. The van der Waals surface area contributed by atoms with E-state index in [1.165, 1.54) is 41.2 Å². The number of hydrogen-bond acceptors (Lipinski definition) is 4. The summed E-state index contributed by atoms with van der Waals surface area (Å²) >= 11 is 12.0. The number of halogens is 3. The van der Waals surface area contributed by atoms with Gasteiger partial charge in [0.05, 0.1) is 33.8 Å². The molecule has 156 valence electrons. The molecule has 0 aliphatic rings. The van der Waals surface area contributed by atoms with Crippen molar-refractivity contribution >= 4 is 45.9 Å². The highest BCUT2D eigenvalue weighted by Gasteiger charge is 2.10. The Labute approximate surface area is 185 Å². The van der Waals surface area contributed by atoms with E-state index in [0.717, 1.165) is 5.56 Å². The van der Waals surface area contributed by atoms with Gasteiger partial charge in [-0.1, -0.05) is 29.3 Å². The molecule has 0 aliphatic carbocycles. The first kappa shape index (κ1) is 20.8. The summed E-state index contributed by atoms with van der Waals surface area (Å²) in [7, 11) is 0. The molecule has 0 aliphatic heterocycles. The Balaban J connectivity index is 1.56. The van der Waals surface area contributed by atoms with E-state index in [0.29, 0.717) is 26.6 Å². The van der Waals surface area contributed by atoms with Gasteiger partial charge in [0.15, 0.2) is 0 Å². The summed E-state index contributed by atoms with van der Waals surface area (Å²) in [5.41, 5.74) is 1.33. The van der Waals surface area contributed by atoms with E-state index in [9.17, 15) is 14.0 Å². The van der Waals surface area contributed by atoms with Crippen LogP contribution in [0, 0.1) is 5.82 Å². The number of nitrogens with one attached hydrogen (secondary N) is 1. The van der Waals surface area contributed by atoms with Gasteiger partial charge in [-0.3, -0.25) is 14.7 Å². The summed E-state index contributed by atoms with van der Waals surface area (Å²) in [5, 5.41) is 3.69. The summed E-state index contributed by atoms with van der Waals surface area (Å²) in [4.78, 5) is 29.3. The Morgan fingerprint density at radius 2 is 1.81 bits per heavy atom. The van der Waals surface area contributed by atoms with Crippen LogP contribution in [0.4, 0.5) is 14.9 Å². The predicted octanol–water partition coefficient (Wildman–Crippen LogP) is 5.50. The molecule has 4 aromatic rings. The Hall–Kier alpha value is -3.42. The van der Waals surface area contributed by atoms with Crippen LogP contribution < -0.4 is 15.6 Å². The SMILES string of the molecule is O=C(Nc1ccc2ncn(Cc3ccc(Cl)c(Cl)c3)c(=O)c2c1)Oc1ccc(F)cc1. The van der Waals surface area contributed by atoms with Crippen LogP contribution in [0.5, 0.6) is 5.75 Å². The highest BCUT2D eigenvalue weighted by molar-refractivity contribution is 6.42. The number of carbonyl (C=O) groups is 1. The quantitative estimate of drug-likeness (QED) is 0.438. The molecule has 0 radical (unpaired) electrons. The Morgan fingerprint density at radius 3 is 2.55 bits per heavy atom. The van der Waals surface area contributed by atoms with Crippen molar-refractivity contribution < 1.29 is 13.9 Å². The Kier molecular flexibility index (Phi) is 5.88. The third kappa shape index (κ3) is 4.84. The zero-order valence-electron chi connectivity index (χ0n) is 15.8. The lowest BCUT2D eigenvalue weighted by Gasteiger charge is -2.10. The molecular formula is C22H14Cl2FN3O3. The number of fused-ring (bicyclic) bond motifs is 1. The number of nitrogens with zero attached hydrogens (tertiary/aromatic N) is 2. The maximum absolute atomic E-state index is 13.0. The maximum atomic E-state index is 13.0. The minimum absolute atomic E-state index is 0.185. The van der Waals surface area contributed by atoms with Crippen LogP contribution in [0.3, 0.4) is 0 Å². The van der Waals surface area contributed by atoms with Crippen molar-refractivity contribution in [3.8, 4) is 5.75 Å². The standard InChI is InChI=1S/C22H14Cl2FN3O3/c23-18-7-1-13(9-19(18)24)11-28-12-26-20-8-4-15(10-17(20)21(28)29)27-22(30)31-16-5-2-14(25)3-6-16/h1-10,12H,11H2,(H,27,30). The predicted molar refractivity (Wildman–Crippen MR) is 118 cm³/mol. The van der Waals surface area contributed by atoms with Crippen LogP contribution in [0.2, 0.25) is 10.0 Å². The molecule has 0 spiro atoms. The van der Waals surface area contributed by atoms with Gasteiger partial charge in [0.1, 0.15) is 11.6 Å². The summed E-state index contributed by atoms with van der Waals surface area (Å²) in [6.07, 6.45) is 0.675. The molecule has 0 saturated carbocycles. The van der Waals surface area contributed by atoms with Gasteiger partial charge in [-0.15, -0.1) is 0 Å². The molecular weight excluding hydrogens is 444 g/mol. The number of aromatic nitrogens is 2. The van der Waals surface area contributed by atoms with Gasteiger partial charge in [0.25, 0.3) is 5.56 Å². The summed E-state index contributed by atoms with van der Waals surface area (Å²) in [5.74, 6) is -0.253. The van der Waals surface area contributed by atoms with Gasteiger partial charge < -0.3 is 4.74 Å². The number of amides is 1. The highest BCUT2D eigenvalue weighted by atomic mass is 35.5. The van der Waals surface area contributed by atoms with E-state index >= 15 is 0 Å². The molecule has 1 N–H and O–H groups in total. The van der Waals surface area contributed by atoms with Crippen LogP contribution in [-0.4, -0.2) is 15.6 Å².